The third kappa shape index (κ3) is 2.41. The van der Waals surface area contributed by atoms with Crippen LogP contribution in [0.2, 0.25) is 0 Å². The highest BCUT2D eigenvalue weighted by molar-refractivity contribution is 5.96. The van der Waals surface area contributed by atoms with Crippen LogP contribution in [0.1, 0.15) is 37.2 Å². The van der Waals surface area contributed by atoms with Gasteiger partial charge in [0.05, 0.1) is 0 Å². The summed E-state index contributed by atoms with van der Waals surface area (Å²) in [5.74, 6) is 0.530. The highest BCUT2D eigenvalue weighted by Gasteiger charge is 2.48. The molecule has 3 saturated heterocycles. The maximum atomic E-state index is 12.7. The van der Waals surface area contributed by atoms with Crippen molar-refractivity contribution in [2.75, 3.05) is 13.1 Å². The van der Waals surface area contributed by atoms with Crippen molar-refractivity contribution in [1.82, 2.24) is 15.2 Å². The van der Waals surface area contributed by atoms with Crippen molar-refractivity contribution < 1.29 is 4.79 Å². The molecule has 0 aliphatic carbocycles. The Kier molecular flexibility index (Phi) is 3.38. The number of fused-ring (bicyclic) bond motifs is 4. The Bertz CT molecular complexity index is 747. The number of piperidine rings is 3. The predicted octanol–water partition coefficient (Wildman–Crippen LogP) is 2.84. The molecule has 3 fully saturated rings. The number of carbonyl (C=O) groups is 1. The number of nitrogens with one attached hydrogen (secondary N) is 1. The molecule has 0 saturated carbocycles. The minimum atomic E-state index is -0.0532. The first-order chi connectivity index (χ1) is 11.1. The minimum absolute atomic E-state index is 0.0215. The quantitative estimate of drug-likeness (QED) is 0.928. The molecule has 0 radical (unpaired) electrons. The fourth-order valence-corrected chi connectivity index (χ4v) is 4.30. The zero-order valence-corrected chi connectivity index (χ0v) is 13.7. The molecule has 0 unspecified atom stereocenters. The van der Waals surface area contributed by atoms with Gasteiger partial charge in [0, 0.05) is 23.2 Å². The van der Waals surface area contributed by atoms with Gasteiger partial charge in [0.15, 0.2) is 0 Å². The van der Waals surface area contributed by atoms with E-state index >= 15 is 0 Å². The lowest BCUT2D eigenvalue weighted by molar-refractivity contribution is -0.0378. The predicted molar refractivity (Wildman–Crippen MR) is 91.4 cm³/mol. The highest BCUT2D eigenvalue weighted by atomic mass is 16.2. The van der Waals surface area contributed by atoms with Gasteiger partial charge in [-0.3, -0.25) is 14.7 Å². The standard InChI is InChI=1S/C19H23N3O/c1-19(2)17(13-7-9-22(19)10-8-13)21-18(23)16-11-14-5-3-4-6-15(14)12-20-16/h3-6,11-13,17H,7-10H2,1-2H3,(H,21,23)/t17-/m1/s1. The molecular formula is C19H23N3O. The minimum Gasteiger partial charge on any atom is -0.346 e. The molecular weight excluding hydrogens is 286 g/mol. The lowest BCUT2D eigenvalue weighted by Crippen LogP contribution is -2.69. The van der Waals surface area contributed by atoms with Gasteiger partial charge in [-0.15, -0.1) is 0 Å². The van der Waals surface area contributed by atoms with Gasteiger partial charge in [-0.1, -0.05) is 24.3 Å². The van der Waals surface area contributed by atoms with Gasteiger partial charge in [0.2, 0.25) is 0 Å². The van der Waals surface area contributed by atoms with Crippen LogP contribution < -0.4 is 5.32 Å². The van der Waals surface area contributed by atoms with Gasteiger partial charge in [0.1, 0.15) is 5.69 Å². The van der Waals surface area contributed by atoms with Crippen molar-refractivity contribution in [1.29, 1.82) is 0 Å². The molecule has 1 aromatic heterocycles. The zero-order valence-electron chi connectivity index (χ0n) is 13.7. The second-order valence-corrected chi connectivity index (χ2v) is 7.35. The molecule has 1 atom stereocenters. The normalized spacial score (nSPS) is 28.7. The molecule has 2 bridgehead atoms. The first-order valence-corrected chi connectivity index (χ1v) is 8.46. The molecule has 4 heterocycles. The number of carbonyl (C=O) groups excluding carboxylic acids is 1. The summed E-state index contributed by atoms with van der Waals surface area (Å²) >= 11 is 0. The van der Waals surface area contributed by atoms with Gasteiger partial charge < -0.3 is 5.32 Å². The third-order valence-corrected chi connectivity index (χ3v) is 5.74. The summed E-state index contributed by atoms with van der Waals surface area (Å²) in [7, 11) is 0. The highest BCUT2D eigenvalue weighted by Crippen LogP contribution is 2.39. The topological polar surface area (TPSA) is 45.2 Å². The van der Waals surface area contributed by atoms with Crippen LogP contribution in [0.15, 0.2) is 36.5 Å². The Morgan fingerprint density at radius 3 is 2.61 bits per heavy atom. The first kappa shape index (κ1) is 14.6. The Labute approximate surface area is 136 Å². The largest absolute Gasteiger partial charge is 0.346 e. The Hall–Kier alpha value is -1.94. The maximum Gasteiger partial charge on any atom is 0.270 e. The maximum absolute atomic E-state index is 12.7. The van der Waals surface area contributed by atoms with Crippen molar-refractivity contribution in [2.24, 2.45) is 5.92 Å². The summed E-state index contributed by atoms with van der Waals surface area (Å²) in [5, 5.41) is 5.40. The number of amides is 1. The number of nitrogens with zero attached hydrogens (tertiary/aromatic N) is 2. The van der Waals surface area contributed by atoms with Crippen LogP contribution in [0.5, 0.6) is 0 Å². The van der Waals surface area contributed by atoms with Gasteiger partial charge in [-0.2, -0.15) is 0 Å². The summed E-state index contributed by atoms with van der Waals surface area (Å²) < 4.78 is 0. The van der Waals surface area contributed by atoms with Crippen molar-refractivity contribution in [3.63, 3.8) is 0 Å². The molecule has 1 amide bonds. The van der Waals surface area contributed by atoms with E-state index in [1.54, 1.807) is 6.20 Å². The van der Waals surface area contributed by atoms with Crippen molar-refractivity contribution in [3.8, 4) is 0 Å². The van der Waals surface area contributed by atoms with Crippen LogP contribution in [-0.4, -0.2) is 40.5 Å². The number of benzene rings is 1. The number of aromatic nitrogens is 1. The van der Waals surface area contributed by atoms with Crippen LogP contribution in [-0.2, 0) is 0 Å². The van der Waals surface area contributed by atoms with E-state index in [1.807, 2.05) is 30.3 Å². The van der Waals surface area contributed by atoms with Gasteiger partial charge in [0.25, 0.3) is 5.91 Å². The zero-order chi connectivity index (χ0) is 16.0. The summed E-state index contributed by atoms with van der Waals surface area (Å²) in [6.07, 6.45) is 4.14. The summed E-state index contributed by atoms with van der Waals surface area (Å²) in [4.78, 5) is 19.6. The number of hydrogen-bond donors (Lipinski definition) is 1. The van der Waals surface area contributed by atoms with E-state index in [4.69, 9.17) is 0 Å². The lowest BCUT2D eigenvalue weighted by Gasteiger charge is -2.56. The monoisotopic (exact) mass is 309 g/mol. The first-order valence-electron chi connectivity index (χ1n) is 8.46. The number of hydrogen-bond acceptors (Lipinski definition) is 3. The third-order valence-electron chi connectivity index (χ3n) is 5.74. The van der Waals surface area contributed by atoms with Gasteiger partial charge in [-0.05, 0) is 57.1 Å². The molecule has 5 rings (SSSR count). The smallest absolute Gasteiger partial charge is 0.270 e. The Morgan fingerprint density at radius 1 is 1.22 bits per heavy atom. The van der Waals surface area contributed by atoms with Crippen molar-refractivity contribution in [2.45, 2.75) is 38.3 Å². The molecule has 0 spiro atoms. The Balaban J connectivity index is 1.59. The van der Waals surface area contributed by atoms with Crippen molar-refractivity contribution >= 4 is 16.7 Å². The van der Waals surface area contributed by atoms with Crippen LogP contribution in [0, 0.1) is 5.92 Å². The second-order valence-electron chi connectivity index (χ2n) is 7.35. The van der Waals surface area contributed by atoms with Gasteiger partial charge in [-0.25, -0.2) is 0 Å². The van der Waals surface area contributed by atoms with Crippen LogP contribution in [0.3, 0.4) is 0 Å². The van der Waals surface area contributed by atoms with E-state index in [2.05, 4.69) is 29.0 Å². The van der Waals surface area contributed by atoms with E-state index in [9.17, 15) is 4.79 Å². The van der Waals surface area contributed by atoms with Crippen LogP contribution in [0.4, 0.5) is 0 Å². The molecule has 3 aliphatic heterocycles. The molecule has 3 aliphatic rings. The molecule has 4 nitrogen and oxygen atoms in total. The Morgan fingerprint density at radius 2 is 1.91 bits per heavy atom. The summed E-state index contributed by atoms with van der Waals surface area (Å²) in [6.45, 7) is 6.80. The summed E-state index contributed by atoms with van der Waals surface area (Å²) in [6, 6.07) is 10.1. The van der Waals surface area contributed by atoms with Gasteiger partial charge >= 0.3 is 0 Å². The average Bonchev–Trinajstić information content (AvgIpc) is 2.58. The van der Waals surface area contributed by atoms with E-state index in [0.29, 0.717) is 11.6 Å². The fraction of sp³-hybridized carbons (Fsp3) is 0.474. The van der Waals surface area contributed by atoms with E-state index in [-0.39, 0.29) is 17.5 Å². The van der Waals surface area contributed by atoms with Crippen LogP contribution >= 0.6 is 0 Å². The molecule has 2 aromatic rings. The lowest BCUT2D eigenvalue weighted by atomic mass is 9.72. The number of rotatable bonds is 2. The van der Waals surface area contributed by atoms with Crippen molar-refractivity contribution in [3.05, 3.63) is 42.2 Å². The molecule has 1 N–H and O–H groups in total. The fourth-order valence-electron chi connectivity index (χ4n) is 4.30. The van der Waals surface area contributed by atoms with E-state index < -0.39 is 0 Å². The van der Waals surface area contributed by atoms with E-state index in [0.717, 1.165) is 23.9 Å². The second kappa shape index (κ2) is 5.31. The molecule has 120 valence electrons. The summed E-state index contributed by atoms with van der Waals surface area (Å²) in [5.41, 5.74) is 0.532. The molecule has 4 heteroatoms. The molecule has 23 heavy (non-hydrogen) atoms. The SMILES string of the molecule is CC1(C)[C@H](NC(=O)c2cc3ccccc3cn2)C2CCN1CC2. The van der Waals surface area contributed by atoms with E-state index in [1.165, 1.54) is 12.8 Å². The average molecular weight is 309 g/mol. The van der Waals surface area contributed by atoms with Crippen LogP contribution in [0.25, 0.3) is 10.8 Å². The molecule has 1 aromatic carbocycles. The number of pyridine rings is 1.